The van der Waals surface area contributed by atoms with E-state index in [2.05, 4.69) is 106 Å². The van der Waals surface area contributed by atoms with Crippen molar-refractivity contribution in [2.24, 2.45) is 0 Å². The molecule has 4 nitrogen and oxygen atoms in total. The lowest BCUT2D eigenvalue weighted by atomic mass is 9.85. The molecule has 0 aliphatic heterocycles. The Morgan fingerprint density at radius 2 is 1.08 bits per heavy atom. The standard InChI is InChI=1S/C35H21N3O/c1-3-11-27-25(9-1)33(22-16-18-23(19-17-22)35-38-31-14-5-6-15-32(31)39-35)26-10-2-4-12-28(26)34(27)29-13-7-8-24-20-36-37-21-30(24)29/h1-21H. The van der Waals surface area contributed by atoms with Crippen LogP contribution in [0.1, 0.15) is 0 Å². The van der Waals surface area contributed by atoms with Crippen LogP contribution in [0.3, 0.4) is 0 Å². The molecule has 0 fully saturated rings. The topological polar surface area (TPSA) is 51.8 Å². The molecule has 0 saturated heterocycles. The van der Waals surface area contributed by atoms with E-state index in [1.165, 1.54) is 32.7 Å². The van der Waals surface area contributed by atoms with E-state index in [4.69, 9.17) is 4.42 Å². The summed E-state index contributed by atoms with van der Waals surface area (Å²) in [7, 11) is 0. The second-order valence-corrected chi connectivity index (χ2v) is 9.70. The van der Waals surface area contributed by atoms with Gasteiger partial charge in [0.15, 0.2) is 5.58 Å². The first-order valence-corrected chi connectivity index (χ1v) is 12.9. The highest BCUT2D eigenvalue weighted by molar-refractivity contribution is 6.23. The Balaban J connectivity index is 1.38. The van der Waals surface area contributed by atoms with Crippen molar-refractivity contribution < 1.29 is 4.42 Å². The molecule has 0 N–H and O–H groups in total. The molecule has 2 heterocycles. The van der Waals surface area contributed by atoms with Crippen LogP contribution in [0.4, 0.5) is 0 Å². The molecular formula is C35H21N3O. The summed E-state index contributed by atoms with van der Waals surface area (Å²) in [4.78, 5) is 4.68. The predicted octanol–water partition coefficient (Wildman–Crippen LogP) is 9.08. The predicted molar refractivity (Wildman–Crippen MR) is 158 cm³/mol. The summed E-state index contributed by atoms with van der Waals surface area (Å²) in [5.41, 5.74) is 7.36. The summed E-state index contributed by atoms with van der Waals surface area (Å²) < 4.78 is 6.02. The summed E-state index contributed by atoms with van der Waals surface area (Å²) in [6.07, 6.45) is 3.70. The van der Waals surface area contributed by atoms with Crippen molar-refractivity contribution in [2.75, 3.05) is 0 Å². The highest BCUT2D eigenvalue weighted by atomic mass is 16.3. The van der Waals surface area contributed by atoms with E-state index in [1.54, 1.807) is 0 Å². The van der Waals surface area contributed by atoms with Crippen LogP contribution < -0.4 is 0 Å². The monoisotopic (exact) mass is 499 g/mol. The summed E-state index contributed by atoms with van der Waals surface area (Å²) in [5.74, 6) is 0.631. The van der Waals surface area contributed by atoms with Crippen molar-refractivity contribution in [1.29, 1.82) is 0 Å². The van der Waals surface area contributed by atoms with E-state index in [0.717, 1.165) is 38.6 Å². The molecule has 8 aromatic rings. The average molecular weight is 500 g/mol. The zero-order valence-corrected chi connectivity index (χ0v) is 20.9. The van der Waals surface area contributed by atoms with Gasteiger partial charge in [0.1, 0.15) is 5.52 Å². The molecule has 0 saturated carbocycles. The molecule has 2 aromatic heterocycles. The number of oxazole rings is 1. The van der Waals surface area contributed by atoms with Crippen molar-refractivity contribution in [2.45, 2.75) is 0 Å². The first-order chi connectivity index (χ1) is 19.3. The molecule has 4 heteroatoms. The van der Waals surface area contributed by atoms with Gasteiger partial charge in [0.25, 0.3) is 0 Å². The van der Waals surface area contributed by atoms with Crippen LogP contribution in [0.25, 0.3) is 77.1 Å². The fourth-order valence-electron chi connectivity index (χ4n) is 5.75. The maximum Gasteiger partial charge on any atom is 0.227 e. The fraction of sp³-hybridized carbons (Fsp3) is 0. The van der Waals surface area contributed by atoms with Crippen molar-refractivity contribution in [1.82, 2.24) is 15.2 Å². The number of aromatic nitrogens is 3. The molecular weight excluding hydrogens is 478 g/mol. The number of hydrogen-bond donors (Lipinski definition) is 0. The maximum absolute atomic E-state index is 6.02. The lowest BCUT2D eigenvalue weighted by Gasteiger charge is -2.18. The van der Waals surface area contributed by atoms with Gasteiger partial charge in [-0.2, -0.15) is 10.2 Å². The first-order valence-electron chi connectivity index (χ1n) is 12.9. The zero-order valence-electron chi connectivity index (χ0n) is 20.9. The van der Waals surface area contributed by atoms with E-state index in [9.17, 15) is 0 Å². The molecule has 0 aliphatic carbocycles. The number of hydrogen-bond acceptors (Lipinski definition) is 4. The maximum atomic E-state index is 6.02. The Morgan fingerprint density at radius 1 is 0.462 bits per heavy atom. The minimum atomic E-state index is 0.631. The third-order valence-electron chi connectivity index (χ3n) is 7.51. The normalized spacial score (nSPS) is 11.6. The van der Waals surface area contributed by atoms with E-state index >= 15 is 0 Å². The smallest absolute Gasteiger partial charge is 0.227 e. The van der Waals surface area contributed by atoms with Crippen molar-refractivity contribution in [3.05, 3.63) is 128 Å². The van der Waals surface area contributed by atoms with Crippen LogP contribution in [0.15, 0.2) is 132 Å². The summed E-state index contributed by atoms with van der Waals surface area (Å²) >= 11 is 0. The lowest BCUT2D eigenvalue weighted by molar-refractivity contribution is 0.620. The van der Waals surface area contributed by atoms with Gasteiger partial charge < -0.3 is 4.42 Å². The third-order valence-corrected chi connectivity index (χ3v) is 7.51. The van der Waals surface area contributed by atoms with Gasteiger partial charge in [-0.05, 0) is 68.1 Å². The Morgan fingerprint density at radius 3 is 1.79 bits per heavy atom. The highest BCUT2D eigenvalue weighted by Gasteiger charge is 2.18. The van der Waals surface area contributed by atoms with E-state index < -0.39 is 0 Å². The Bertz CT molecular complexity index is 2080. The number of rotatable bonds is 3. The van der Waals surface area contributed by atoms with Gasteiger partial charge in [-0.3, -0.25) is 0 Å². The molecule has 0 amide bonds. The number of nitrogens with zero attached hydrogens (tertiary/aromatic N) is 3. The van der Waals surface area contributed by atoms with Gasteiger partial charge in [0, 0.05) is 16.3 Å². The molecule has 0 spiro atoms. The Hall–Kier alpha value is -5.35. The minimum absolute atomic E-state index is 0.631. The first kappa shape index (κ1) is 21.7. The van der Waals surface area contributed by atoms with Crippen LogP contribution in [0.2, 0.25) is 0 Å². The quantitative estimate of drug-likeness (QED) is 0.228. The molecule has 6 aromatic carbocycles. The molecule has 0 atom stereocenters. The van der Waals surface area contributed by atoms with Gasteiger partial charge in [-0.25, -0.2) is 4.98 Å². The molecule has 8 rings (SSSR count). The van der Waals surface area contributed by atoms with Crippen LogP contribution >= 0.6 is 0 Å². The largest absolute Gasteiger partial charge is 0.436 e. The number of fused-ring (bicyclic) bond motifs is 4. The minimum Gasteiger partial charge on any atom is -0.436 e. The van der Waals surface area contributed by atoms with Crippen LogP contribution in [-0.2, 0) is 0 Å². The molecule has 0 unspecified atom stereocenters. The van der Waals surface area contributed by atoms with Gasteiger partial charge in [-0.1, -0.05) is 91.0 Å². The number of para-hydroxylation sites is 2. The van der Waals surface area contributed by atoms with Crippen LogP contribution in [0, 0.1) is 0 Å². The fourth-order valence-corrected chi connectivity index (χ4v) is 5.75. The average Bonchev–Trinajstić information content (AvgIpc) is 3.44. The van der Waals surface area contributed by atoms with Gasteiger partial charge >= 0.3 is 0 Å². The molecule has 0 aliphatic rings. The van der Waals surface area contributed by atoms with Gasteiger partial charge in [0.05, 0.1) is 12.4 Å². The third kappa shape index (κ3) is 3.42. The summed E-state index contributed by atoms with van der Waals surface area (Å²) in [6, 6.07) is 40.1. The Labute approximate surface area is 224 Å². The molecule has 182 valence electrons. The number of benzene rings is 6. The molecule has 0 bridgehead atoms. The second kappa shape index (κ2) is 8.61. The van der Waals surface area contributed by atoms with Gasteiger partial charge in [0.2, 0.25) is 5.89 Å². The van der Waals surface area contributed by atoms with Crippen molar-refractivity contribution >= 4 is 43.4 Å². The van der Waals surface area contributed by atoms with Gasteiger partial charge in [-0.15, -0.1) is 0 Å². The second-order valence-electron chi connectivity index (χ2n) is 9.70. The Kier molecular flexibility index (Phi) is 4.79. The SMILES string of the molecule is c1cc(-c2c3ccccc3c(-c3ccc(-c4nc5ccccc5o4)cc3)c3ccccc23)c2cnncc2c1. The zero-order chi connectivity index (χ0) is 25.8. The van der Waals surface area contributed by atoms with E-state index in [0.29, 0.717) is 5.89 Å². The molecule has 0 radical (unpaired) electrons. The van der Waals surface area contributed by atoms with E-state index in [-0.39, 0.29) is 0 Å². The van der Waals surface area contributed by atoms with E-state index in [1.807, 2.05) is 36.7 Å². The molecule has 39 heavy (non-hydrogen) atoms. The van der Waals surface area contributed by atoms with Crippen molar-refractivity contribution in [3.8, 4) is 33.7 Å². The lowest BCUT2D eigenvalue weighted by Crippen LogP contribution is -1.92. The summed E-state index contributed by atoms with van der Waals surface area (Å²) in [6.45, 7) is 0. The van der Waals surface area contributed by atoms with Crippen molar-refractivity contribution in [3.63, 3.8) is 0 Å². The van der Waals surface area contributed by atoms with Crippen LogP contribution in [-0.4, -0.2) is 15.2 Å². The van der Waals surface area contributed by atoms with Crippen LogP contribution in [0.5, 0.6) is 0 Å². The highest BCUT2D eigenvalue weighted by Crippen LogP contribution is 2.45. The summed E-state index contributed by atoms with van der Waals surface area (Å²) in [5, 5.41) is 15.3.